The Hall–Kier alpha value is -1.95. The lowest BCUT2D eigenvalue weighted by atomic mass is 9.98. The van der Waals surface area contributed by atoms with Crippen LogP contribution in [-0.2, 0) is 0 Å². The summed E-state index contributed by atoms with van der Waals surface area (Å²) in [6.45, 7) is 1.57. The molecule has 3 rings (SSSR count). The number of rotatable bonds is 5. The van der Waals surface area contributed by atoms with E-state index in [-0.39, 0.29) is 0 Å². The van der Waals surface area contributed by atoms with Crippen molar-refractivity contribution < 1.29 is 14.3 Å². The molecule has 2 amide bonds. The van der Waals surface area contributed by atoms with Crippen LogP contribution in [0.1, 0.15) is 43.6 Å². The number of benzene rings is 1. The Kier molecular flexibility index (Phi) is 4.91. The van der Waals surface area contributed by atoms with Gasteiger partial charge in [-0.2, -0.15) is 0 Å². The number of amides is 2. The van der Waals surface area contributed by atoms with Gasteiger partial charge in [0.25, 0.3) is 0 Å². The van der Waals surface area contributed by atoms with Gasteiger partial charge in [-0.25, -0.2) is 9.80 Å². The normalized spacial score (nSPS) is 22.2. The van der Waals surface area contributed by atoms with Crippen molar-refractivity contribution >= 4 is 6.03 Å². The molecule has 1 unspecified atom stereocenters. The van der Waals surface area contributed by atoms with E-state index in [1.807, 2.05) is 11.1 Å². The molecule has 0 spiro atoms. The van der Waals surface area contributed by atoms with Crippen LogP contribution < -0.4 is 20.6 Å². The smallest absolute Gasteiger partial charge is 0.326 e. The molecule has 2 aliphatic rings. The van der Waals surface area contributed by atoms with Gasteiger partial charge >= 0.3 is 6.03 Å². The third kappa shape index (κ3) is 3.88. The summed E-state index contributed by atoms with van der Waals surface area (Å²) >= 11 is 0. The number of carbonyl (C=O) groups is 1. The zero-order valence-electron chi connectivity index (χ0n) is 13.6. The van der Waals surface area contributed by atoms with Gasteiger partial charge in [0.1, 0.15) is 0 Å². The molecule has 1 heterocycles. The maximum absolute atomic E-state index is 11.0. The van der Waals surface area contributed by atoms with E-state index in [2.05, 4.69) is 17.6 Å². The Labute approximate surface area is 136 Å². The quantitative estimate of drug-likeness (QED) is 0.873. The number of nitrogens with one attached hydrogen (secondary N) is 1. The van der Waals surface area contributed by atoms with Crippen LogP contribution in [0.3, 0.4) is 0 Å². The van der Waals surface area contributed by atoms with Crippen LogP contribution in [0, 0.1) is 0 Å². The summed E-state index contributed by atoms with van der Waals surface area (Å²) in [5, 5.41) is 1.87. The van der Waals surface area contributed by atoms with E-state index in [0.29, 0.717) is 12.0 Å². The Bertz CT molecular complexity index is 558. The molecule has 23 heavy (non-hydrogen) atoms. The monoisotopic (exact) mass is 319 g/mol. The van der Waals surface area contributed by atoms with Gasteiger partial charge in [-0.3, -0.25) is 5.43 Å². The Morgan fingerprint density at radius 3 is 2.74 bits per heavy atom. The average molecular weight is 319 g/mol. The molecule has 1 aliphatic carbocycles. The highest BCUT2D eigenvalue weighted by Gasteiger charge is 2.26. The van der Waals surface area contributed by atoms with Crippen LogP contribution in [-0.4, -0.2) is 37.3 Å². The van der Waals surface area contributed by atoms with E-state index in [4.69, 9.17) is 15.2 Å². The second-order valence-corrected chi connectivity index (χ2v) is 6.34. The topological polar surface area (TPSA) is 76.8 Å². The van der Waals surface area contributed by atoms with Crippen LogP contribution in [0.15, 0.2) is 18.2 Å². The lowest BCUT2D eigenvalue weighted by molar-refractivity contribution is 0.200. The van der Waals surface area contributed by atoms with Crippen LogP contribution in [0.25, 0.3) is 0 Å². The number of carbonyl (C=O) groups excluding carboxylic acids is 1. The molecule has 1 aromatic carbocycles. The third-order valence-electron chi connectivity index (χ3n) is 4.71. The van der Waals surface area contributed by atoms with Gasteiger partial charge in [-0.15, -0.1) is 0 Å². The summed E-state index contributed by atoms with van der Waals surface area (Å²) in [5.74, 6) is 1.97. The van der Waals surface area contributed by atoms with Gasteiger partial charge < -0.3 is 15.2 Å². The number of ether oxygens (including phenoxy) is 2. The maximum atomic E-state index is 11.0. The Balaban J connectivity index is 1.71. The van der Waals surface area contributed by atoms with Crippen molar-refractivity contribution in [2.45, 2.75) is 44.1 Å². The van der Waals surface area contributed by atoms with Gasteiger partial charge in [0, 0.05) is 13.1 Å². The largest absolute Gasteiger partial charge is 0.493 e. The van der Waals surface area contributed by atoms with Crippen LogP contribution in [0.5, 0.6) is 11.5 Å². The summed E-state index contributed by atoms with van der Waals surface area (Å²) in [5.41, 5.74) is 9.05. The van der Waals surface area contributed by atoms with E-state index >= 15 is 0 Å². The third-order valence-corrected chi connectivity index (χ3v) is 4.71. The summed E-state index contributed by atoms with van der Waals surface area (Å²) in [6, 6.07) is 5.64. The molecule has 6 heteroatoms. The highest BCUT2D eigenvalue weighted by molar-refractivity contribution is 5.71. The van der Waals surface area contributed by atoms with Gasteiger partial charge in [0.2, 0.25) is 0 Å². The molecule has 1 atom stereocenters. The predicted octanol–water partition coefficient (Wildman–Crippen LogP) is 2.39. The average Bonchev–Trinajstić information content (AvgIpc) is 3.18. The first-order valence-corrected chi connectivity index (χ1v) is 8.31. The first kappa shape index (κ1) is 15.9. The van der Waals surface area contributed by atoms with Crippen molar-refractivity contribution in [3.63, 3.8) is 0 Å². The molecule has 1 saturated heterocycles. The molecule has 2 fully saturated rings. The van der Waals surface area contributed by atoms with Crippen molar-refractivity contribution in [1.82, 2.24) is 10.4 Å². The SMILES string of the molecule is COc1ccc(C2CCN(NC(N)=O)C2)cc1OC1CCCC1. The fraction of sp³-hybridized carbons (Fsp3) is 0.588. The van der Waals surface area contributed by atoms with Crippen molar-refractivity contribution in [3.05, 3.63) is 23.8 Å². The van der Waals surface area contributed by atoms with Crippen LogP contribution >= 0.6 is 0 Å². The number of hydrazine groups is 1. The van der Waals surface area contributed by atoms with Gasteiger partial charge in [-0.05, 0) is 55.7 Å². The maximum Gasteiger partial charge on any atom is 0.326 e. The molecule has 1 saturated carbocycles. The van der Waals surface area contributed by atoms with Crippen LogP contribution in [0.4, 0.5) is 4.79 Å². The zero-order valence-corrected chi connectivity index (χ0v) is 13.6. The molecule has 6 nitrogen and oxygen atoms in total. The van der Waals surface area contributed by atoms with Crippen molar-refractivity contribution in [2.24, 2.45) is 5.73 Å². The minimum atomic E-state index is -0.509. The number of nitrogens with zero attached hydrogens (tertiary/aromatic N) is 1. The number of hydrogen-bond acceptors (Lipinski definition) is 4. The molecular formula is C17H25N3O3. The summed E-state index contributed by atoms with van der Waals surface area (Å²) in [4.78, 5) is 11.0. The van der Waals surface area contributed by atoms with Gasteiger partial charge in [0.05, 0.1) is 13.2 Å². The lowest BCUT2D eigenvalue weighted by Crippen LogP contribution is -2.43. The van der Waals surface area contributed by atoms with Crippen molar-refractivity contribution in [3.8, 4) is 11.5 Å². The summed E-state index contributed by atoms with van der Waals surface area (Å²) in [6.07, 6.45) is 6.00. The fourth-order valence-corrected chi connectivity index (χ4v) is 3.51. The van der Waals surface area contributed by atoms with Crippen molar-refractivity contribution in [2.75, 3.05) is 20.2 Å². The molecule has 3 N–H and O–H groups in total. The number of methoxy groups -OCH3 is 1. The molecule has 1 aliphatic heterocycles. The highest BCUT2D eigenvalue weighted by Crippen LogP contribution is 2.36. The Morgan fingerprint density at radius 2 is 2.04 bits per heavy atom. The van der Waals surface area contributed by atoms with Gasteiger partial charge in [0.15, 0.2) is 11.5 Å². The fourth-order valence-electron chi connectivity index (χ4n) is 3.51. The highest BCUT2D eigenvalue weighted by atomic mass is 16.5. The molecule has 0 bridgehead atoms. The number of nitrogens with two attached hydrogens (primary N) is 1. The van der Waals surface area contributed by atoms with Crippen molar-refractivity contribution in [1.29, 1.82) is 0 Å². The molecule has 0 aromatic heterocycles. The Morgan fingerprint density at radius 1 is 1.26 bits per heavy atom. The van der Waals surface area contributed by atoms with E-state index in [9.17, 15) is 4.79 Å². The minimum absolute atomic E-state index is 0.302. The standard InChI is InChI=1S/C17H25N3O3/c1-22-15-7-6-12(10-16(15)23-14-4-2-3-5-14)13-8-9-20(11-13)19-17(18)21/h6-7,10,13-14H,2-5,8-9,11H2,1H3,(H3,18,19,21). The minimum Gasteiger partial charge on any atom is -0.493 e. The van der Waals surface area contributed by atoms with E-state index in [1.165, 1.54) is 18.4 Å². The first-order chi connectivity index (χ1) is 11.2. The van der Waals surface area contributed by atoms with Crippen LogP contribution in [0.2, 0.25) is 0 Å². The summed E-state index contributed by atoms with van der Waals surface area (Å²) in [7, 11) is 1.67. The molecule has 126 valence electrons. The first-order valence-electron chi connectivity index (χ1n) is 8.31. The summed E-state index contributed by atoms with van der Waals surface area (Å²) < 4.78 is 11.6. The number of primary amides is 1. The van der Waals surface area contributed by atoms with Gasteiger partial charge in [-0.1, -0.05) is 6.07 Å². The molecular weight excluding hydrogens is 294 g/mol. The number of hydrogen-bond donors (Lipinski definition) is 2. The van der Waals surface area contributed by atoms with E-state index in [0.717, 1.165) is 43.9 Å². The zero-order chi connectivity index (χ0) is 16.2. The number of urea groups is 1. The second kappa shape index (κ2) is 7.08. The second-order valence-electron chi connectivity index (χ2n) is 6.34. The lowest BCUT2D eigenvalue weighted by Gasteiger charge is -2.19. The molecule has 1 aromatic rings. The predicted molar refractivity (Wildman–Crippen MR) is 87.5 cm³/mol. The van der Waals surface area contributed by atoms with E-state index in [1.54, 1.807) is 7.11 Å². The van der Waals surface area contributed by atoms with E-state index < -0.39 is 6.03 Å². The molecule has 0 radical (unpaired) electrons.